The Morgan fingerprint density at radius 3 is 2.57 bits per heavy atom. The largest absolute Gasteiger partial charge is 0.370 e. The second-order valence-electron chi connectivity index (χ2n) is 3.54. The molecule has 1 fully saturated rings. The molecule has 1 aromatic carbocycles. The van der Waals surface area contributed by atoms with Crippen LogP contribution < -0.4 is 4.90 Å². The predicted molar refractivity (Wildman–Crippen MR) is 61.4 cm³/mol. The summed E-state index contributed by atoms with van der Waals surface area (Å²) in [6.45, 7) is 2.13. The second-order valence-corrected chi connectivity index (χ2v) is 4.32. The zero-order chi connectivity index (χ0) is 9.97. The molecule has 0 N–H and O–H groups in total. The SMILES string of the molecule is Clc1cc[c]c(N2CCCCC2)c1Cl. The number of rotatable bonds is 1. The van der Waals surface area contributed by atoms with Crippen LogP contribution in [-0.2, 0) is 0 Å². The van der Waals surface area contributed by atoms with E-state index >= 15 is 0 Å². The molecule has 1 aromatic rings. The van der Waals surface area contributed by atoms with Gasteiger partial charge in [-0.15, -0.1) is 0 Å². The van der Waals surface area contributed by atoms with Crippen molar-refractivity contribution in [1.29, 1.82) is 0 Å². The van der Waals surface area contributed by atoms with Crippen LogP contribution in [0.1, 0.15) is 19.3 Å². The predicted octanol–water partition coefficient (Wildman–Crippen LogP) is 3.78. The van der Waals surface area contributed by atoms with Gasteiger partial charge in [-0.3, -0.25) is 0 Å². The van der Waals surface area contributed by atoms with Gasteiger partial charge in [0.15, 0.2) is 0 Å². The highest BCUT2D eigenvalue weighted by Gasteiger charge is 2.14. The lowest BCUT2D eigenvalue weighted by Crippen LogP contribution is -2.29. The minimum absolute atomic E-state index is 0.617. The van der Waals surface area contributed by atoms with Gasteiger partial charge < -0.3 is 4.90 Å². The van der Waals surface area contributed by atoms with E-state index < -0.39 is 0 Å². The lowest BCUT2D eigenvalue weighted by molar-refractivity contribution is 0.578. The topological polar surface area (TPSA) is 3.24 Å². The maximum absolute atomic E-state index is 6.12. The molecule has 1 radical (unpaired) electrons. The van der Waals surface area contributed by atoms with Crippen molar-refractivity contribution >= 4 is 28.9 Å². The third kappa shape index (κ3) is 1.99. The molecule has 75 valence electrons. The van der Waals surface area contributed by atoms with Gasteiger partial charge in [0.1, 0.15) is 0 Å². The number of hydrogen-bond acceptors (Lipinski definition) is 1. The molecule has 0 unspecified atom stereocenters. The summed E-state index contributed by atoms with van der Waals surface area (Å²) in [5.74, 6) is 0. The Hall–Kier alpha value is -0.400. The highest BCUT2D eigenvalue weighted by Crippen LogP contribution is 2.33. The van der Waals surface area contributed by atoms with E-state index in [0.717, 1.165) is 18.8 Å². The molecule has 0 spiro atoms. The first-order chi connectivity index (χ1) is 6.79. The first-order valence-corrected chi connectivity index (χ1v) is 5.65. The molecule has 3 heteroatoms. The van der Waals surface area contributed by atoms with Gasteiger partial charge in [-0.2, -0.15) is 0 Å². The fourth-order valence-electron chi connectivity index (χ4n) is 1.79. The van der Waals surface area contributed by atoms with Gasteiger partial charge in [0.05, 0.1) is 15.7 Å². The second kappa shape index (κ2) is 4.41. The first kappa shape index (κ1) is 10.1. The van der Waals surface area contributed by atoms with Crippen LogP contribution >= 0.6 is 23.2 Å². The van der Waals surface area contributed by atoms with Crippen molar-refractivity contribution in [3.8, 4) is 0 Å². The maximum atomic E-state index is 6.12. The number of halogens is 2. The average Bonchev–Trinajstić information content (AvgIpc) is 2.23. The molecular formula is C11H12Cl2N. The highest BCUT2D eigenvalue weighted by atomic mass is 35.5. The van der Waals surface area contributed by atoms with Crippen molar-refractivity contribution in [1.82, 2.24) is 0 Å². The minimum atomic E-state index is 0.617. The summed E-state index contributed by atoms with van der Waals surface area (Å²) in [6, 6.07) is 6.76. The average molecular weight is 229 g/mol. The van der Waals surface area contributed by atoms with E-state index in [4.69, 9.17) is 23.2 Å². The van der Waals surface area contributed by atoms with Crippen LogP contribution in [0.3, 0.4) is 0 Å². The molecule has 1 aliphatic rings. The van der Waals surface area contributed by atoms with E-state index in [1.54, 1.807) is 6.07 Å². The summed E-state index contributed by atoms with van der Waals surface area (Å²) in [4.78, 5) is 2.26. The molecular weight excluding hydrogens is 217 g/mol. The first-order valence-electron chi connectivity index (χ1n) is 4.89. The van der Waals surface area contributed by atoms with Crippen LogP contribution in [0.15, 0.2) is 12.1 Å². The molecule has 0 bridgehead atoms. The number of piperidine rings is 1. The van der Waals surface area contributed by atoms with Crippen molar-refractivity contribution in [2.24, 2.45) is 0 Å². The zero-order valence-corrected chi connectivity index (χ0v) is 9.41. The van der Waals surface area contributed by atoms with Crippen LogP contribution in [-0.4, -0.2) is 13.1 Å². The van der Waals surface area contributed by atoms with Crippen molar-refractivity contribution in [3.05, 3.63) is 28.2 Å². The van der Waals surface area contributed by atoms with Gasteiger partial charge in [-0.1, -0.05) is 29.3 Å². The summed E-state index contributed by atoms with van der Waals surface area (Å²) in [5.41, 5.74) is 0.957. The van der Waals surface area contributed by atoms with Gasteiger partial charge >= 0.3 is 0 Å². The molecule has 2 rings (SSSR count). The molecule has 14 heavy (non-hydrogen) atoms. The molecule has 1 aliphatic heterocycles. The minimum Gasteiger partial charge on any atom is -0.370 e. The standard InChI is InChI=1S/C11H12Cl2N/c12-9-5-4-6-10(11(9)13)14-7-2-1-3-8-14/h4-5H,1-3,7-8H2. The molecule has 0 aliphatic carbocycles. The lowest BCUT2D eigenvalue weighted by Gasteiger charge is -2.29. The summed E-state index contributed by atoms with van der Waals surface area (Å²) >= 11 is 12.1. The molecule has 1 heterocycles. The Morgan fingerprint density at radius 2 is 1.86 bits per heavy atom. The Balaban J connectivity index is 2.26. The molecule has 0 saturated carbocycles. The Morgan fingerprint density at radius 1 is 1.14 bits per heavy atom. The van der Waals surface area contributed by atoms with E-state index in [2.05, 4.69) is 11.0 Å². The van der Waals surface area contributed by atoms with Crippen LogP contribution in [0, 0.1) is 6.07 Å². The van der Waals surface area contributed by atoms with Crippen molar-refractivity contribution in [2.75, 3.05) is 18.0 Å². The summed E-state index contributed by atoms with van der Waals surface area (Å²) in [7, 11) is 0. The molecule has 0 aromatic heterocycles. The van der Waals surface area contributed by atoms with Gasteiger partial charge in [-0.05, 0) is 25.3 Å². The Kier molecular flexibility index (Phi) is 3.19. The third-order valence-corrected chi connectivity index (χ3v) is 3.33. The van der Waals surface area contributed by atoms with Gasteiger partial charge in [0.25, 0.3) is 0 Å². The van der Waals surface area contributed by atoms with Crippen LogP contribution in [0.4, 0.5) is 5.69 Å². The van der Waals surface area contributed by atoms with E-state index in [9.17, 15) is 0 Å². The molecule has 0 amide bonds. The third-order valence-electron chi connectivity index (χ3n) is 2.54. The smallest absolute Gasteiger partial charge is 0.0832 e. The van der Waals surface area contributed by atoms with E-state index in [1.165, 1.54) is 19.3 Å². The molecule has 1 saturated heterocycles. The van der Waals surface area contributed by atoms with Gasteiger partial charge in [0.2, 0.25) is 0 Å². The molecule has 1 nitrogen and oxygen atoms in total. The normalized spacial score (nSPS) is 17.1. The van der Waals surface area contributed by atoms with Crippen LogP contribution in [0.25, 0.3) is 0 Å². The maximum Gasteiger partial charge on any atom is 0.0832 e. The molecule has 0 atom stereocenters. The lowest BCUT2D eigenvalue weighted by atomic mass is 10.1. The highest BCUT2D eigenvalue weighted by molar-refractivity contribution is 6.43. The van der Waals surface area contributed by atoms with Crippen LogP contribution in [0.5, 0.6) is 0 Å². The van der Waals surface area contributed by atoms with Crippen molar-refractivity contribution in [2.45, 2.75) is 19.3 Å². The monoisotopic (exact) mass is 228 g/mol. The summed E-state index contributed by atoms with van der Waals surface area (Å²) in [6.07, 6.45) is 3.78. The fraction of sp³-hybridized carbons (Fsp3) is 0.455. The van der Waals surface area contributed by atoms with E-state index in [1.807, 2.05) is 6.07 Å². The van der Waals surface area contributed by atoms with Gasteiger partial charge in [-0.25, -0.2) is 0 Å². The number of nitrogens with zero attached hydrogens (tertiary/aromatic N) is 1. The summed E-state index contributed by atoms with van der Waals surface area (Å²) in [5, 5.41) is 1.25. The van der Waals surface area contributed by atoms with Crippen molar-refractivity contribution < 1.29 is 0 Å². The van der Waals surface area contributed by atoms with Crippen LogP contribution in [0.2, 0.25) is 10.0 Å². The number of anilines is 1. The van der Waals surface area contributed by atoms with E-state index in [0.29, 0.717) is 10.0 Å². The number of benzene rings is 1. The quantitative estimate of drug-likeness (QED) is 0.708. The van der Waals surface area contributed by atoms with Gasteiger partial charge in [0, 0.05) is 19.2 Å². The van der Waals surface area contributed by atoms with E-state index in [-0.39, 0.29) is 0 Å². The van der Waals surface area contributed by atoms with Crippen molar-refractivity contribution in [3.63, 3.8) is 0 Å². The zero-order valence-electron chi connectivity index (χ0n) is 7.89. The summed E-state index contributed by atoms with van der Waals surface area (Å²) < 4.78 is 0. The Labute approximate surface area is 94.6 Å². The number of hydrogen-bond donors (Lipinski definition) is 0. The fourth-order valence-corrected chi connectivity index (χ4v) is 2.18. The Bertz CT molecular complexity index is 319.